The fourth-order valence-electron chi connectivity index (χ4n) is 2.71. The number of sulfonamides is 1. The smallest absolute Gasteiger partial charge is 0.272 e. The standard InChI is InChI=1S/C22H17N5O4S3/c28-20(18(14-16-4-1-12-32-16)26-21(29)19-5-2-13-33-19)25-15-6-8-17(9-7-15)34(30,31)27-22-23-10-3-11-24-22/h1-14H,(H,25,28)(H,26,29)(H,23,24,27)/b18-14-. The highest BCUT2D eigenvalue weighted by molar-refractivity contribution is 7.92. The van der Waals surface area contributed by atoms with Crippen molar-refractivity contribution in [3.8, 4) is 0 Å². The first-order chi connectivity index (χ1) is 16.4. The summed E-state index contributed by atoms with van der Waals surface area (Å²) < 4.78 is 27.3. The first-order valence-corrected chi connectivity index (χ1v) is 13.0. The lowest BCUT2D eigenvalue weighted by molar-refractivity contribution is -0.113. The number of amides is 2. The van der Waals surface area contributed by atoms with E-state index in [9.17, 15) is 18.0 Å². The summed E-state index contributed by atoms with van der Waals surface area (Å²) in [4.78, 5) is 34.3. The average Bonchev–Trinajstić information content (AvgIpc) is 3.54. The van der Waals surface area contributed by atoms with Gasteiger partial charge in [-0.05, 0) is 59.3 Å². The second kappa shape index (κ2) is 10.4. The van der Waals surface area contributed by atoms with E-state index in [1.54, 1.807) is 29.7 Å². The first-order valence-electron chi connectivity index (χ1n) is 9.72. The van der Waals surface area contributed by atoms with E-state index < -0.39 is 21.8 Å². The minimum absolute atomic E-state index is 0.0294. The number of carbonyl (C=O) groups excluding carboxylic acids is 2. The predicted octanol–water partition coefficient (Wildman–Crippen LogP) is 3.81. The van der Waals surface area contributed by atoms with Gasteiger partial charge in [-0.3, -0.25) is 9.59 Å². The van der Waals surface area contributed by atoms with Gasteiger partial charge in [0.15, 0.2) is 0 Å². The Kier molecular flexibility index (Phi) is 7.11. The van der Waals surface area contributed by atoms with E-state index in [1.165, 1.54) is 59.3 Å². The molecule has 1 aromatic carbocycles. The van der Waals surface area contributed by atoms with Crippen LogP contribution in [-0.2, 0) is 14.8 Å². The number of hydrogen-bond donors (Lipinski definition) is 3. The summed E-state index contributed by atoms with van der Waals surface area (Å²) in [6, 6.07) is 14.2. The van der Waals surface area contributed by atoms with Crippen LogP contribution >= 0.6 is 22.7 Å². The van der Waals surface area contributed by atoms with E-state index in [0.717, 1.165) is 4.88 Å². The normalized spacial score (nSPS) is 11.6. The molecule has 0 fully saturated rings. The molecule has 0 atom stereocenters. The number of nitrogens with one attached hydrogen (secondary N) is 3. The Balaban J connectivity index is 1.49. The molecule has 0 aliphatic carbocycles. The van der Waals surface area contributed by atoms with Crippen molar-refractivity contribution in [3.05, 3.63) is 93.2 Å². The molecule has 4 aromatic rings. The molecule has 9 nitrogen and oxygen atoms in total. The minimum atomic E-state index is -3.90. The Morgan fingerprint density at radius 1 is 0.882 bits per heavy atom. The number of anilines is 2. The molecule has 34 heavy (non-hydrogen) atoms. The van der Waals surface area contributed by atoms with Crippen LogP contribution in [0.3, 0.4) is 0 Å². The summed E-state index contributed by atoms with van der Waals surface area (Å²) >= 11 is 2.68. The Labute approximate surface area is 203 Å². The molecule has 0 aliphatic rings. The zero-order valence-corrected chi connectivity index (χ0v) is 19.8. The Hall–Kier alpha value is -3.87. The zero-order valence-electron chi connectivity index (χ0n) is 17.3. The van der Waals surface area contributed by atoms with E-state index in [2.05, 4.69) is 25.3 Å². The molecule has 0 unspecified atom stereocenters. The molecule has 3 N–H and O–H groups in total. The average molecular weight is 512 g/mol. The van der Waals surface area contributed by atoms with Gasteiger partial charge in [0.25, 0.3) is 21.8 Å². The van der Waals surface area contributed by atoms with Crippen molar-refractivity contribution in [1.82, 2.24) is 15.3 Å². The van der Waals surface area contributed by atoms with Gasteiger partial charge in [-0.15, -0.1) is 22.7 Å². The van der Waals surface area contributed by atoms with Gasteiger partial charge in [-0.2, -0.15) is 0 Å². The van der Waals surface area contributed by atoms with Crippen LogP contribution in [0.4, 0.5) is 11.6 Å². The highest BCUT2D eigenvalue weighted by Gasteiger charge is 2.18. The second-order valence-corrected chi connectivity index (χ2v) is 10.3. The van der Waals surface area contributed by atoms with Crippen LogP contribution in [0, 0.1) is 0 Å². The molecule has 0 radical (unpaired) electrons. The first kappa shape index (κ1) is 23.3. The summed E-state index contributed by atoms with van der Waals surface area (Å²) in [6.45, 7) is 0. The number of hydrogen-bond acceptors (Lipinski definition) is 8. The largest absolute Gasteiger partial charge is 0.321 e. The lowest BCUT2D eigenvalue weighted by atomic mass is 10.2. The van der Waals surface area contributed by atoms with Crippen molar-refractivity contribution in [2.75, 3.05) is 10.0 Å². The summed E-state index contributed by atoms with van der Waals surface area (Å²) in [5, 5.41) is 8.95. The Bertz CT molecular complexity index is 1400. The minimum Gasteiger partial charge on any atom is -0.321 e. The summed E-state index contributed by atoms with van der Waals surface area (Å²) in [6.07, 6.45) is 4.41. The molecule has 172 valence electrons. The fourth-order valence-corrected chi connectivity index (χ4v) is 4.95. The molecule has 0 bridgehead atoms. The molecule has 2 amide bonds. The molecule has 3 aromatic heterocycles. The highest BCUT2D eigenvalue weighted by atomic mass is 32.2. The van der Waals surface area contributed by atoms with Gasteiger partial charge in [0.2, 0.25) is 5.95 Å². The molecule has 0 spiro atoms. The molecule has 4 rings (SSSR count). The van der Waals surface area contributed by atoms with Crippen LogP contribution in [0.5, 0.6) is 0 Å². The fraction of sp³-hybridized carbons (Fsp3) is 0. The third-order valence-electron chi connectivity index (χ3n) is 4.28. The Morgan fingerprint density at radius 2 is 1.59 bits per heavy atom. The number of carbonyl (C=O) groups is 2. The lowest BCUT2D eigenvalue weighted by Crippen LogP contribution is -2.30. The van der Waals surface area contributed by atoms with Crippen LogP contribution in [0.25, 0.3) is 6.08 Å². The maximum absolute atomic E-state index is 12.9. The summed E-state index contributed by atoms with van der Waals surface area (Å²) in [5.74, 6) is -1.00. The van der Waals surface area contributed by atoms with Gasteiger partial charge < -0.3 is 10.6 Å². The molecule has 3 heterocycles. The Morgan fingerprint density at radius 3 is 2.24 bits per heavy atom. The van der Waals surface area contributed by atoms with Crippen molar-refractivity contribution in [1.29, 1.82) is 0 Å². The van der Waals surface area contributed by atoms with Crippen molar-refractivity contribution in [3.63, 3.8) is 0 Å². The van der Waals surface area contributed by atoms with Gasteiger partial charge in [-0.25, -0.2) is 23.1 Å². The van der Waals surface area contributed by atoms with E-state index in [0.29, 0.717) is 10.6 Å². The van der Waals surface area contributed by atoms with E-state index in [-0.39, 0.29) is 16.5 Å². The predicted molar refractivity (Wildman–Crippen MR) is 132 cm³/mol. The molecule has 0 aliphatic heterocycles. The van der Waals surface area contributed by atoms with Crippen LogP contribution in [0.2, 0.25) is 0 Å². The second-order valence-electron chi connectivity index (χ2n) is 6.66. The third kappa shape index (κ3) is 5.92. The molecule has 0 saturated carbocycles. The van der Waals surface area contributed by atoms with Crippen LogP contribution in [-0.4, -0.2) is 30.2 Å². The van der Waals surface area contributed by atoms with Crippen molar-refractivity contribution in [2.24, 2.45) is 0 Å². The molecular weight excluding hydrogens is 494 g/mol. The van der Waals surface area contributed by atoms with E-state index in [4.69, 9.17) is 0 Å². The van der Waals surface area contributed by atoms with E-state index in [1.807, 2.05) is 17.5 Å². The van der Waals surface area contributed by atoms with Gasteiger partial charge in [-0.1, -0.05) is 12.1 Å². The maximum atomic E-state index is 12.9. The van der Waals surface area contributed by atoms with Gasteiger partial charge in [0.05, 0.1) is 9.77 Å². The number of benzene rings is 1. The van der Waals surface area contributed by atoms with E-state index >= 15 is 0 Å². The maximum Gasteiger partial charge on any atom is 0.272 e. The quantitative estimate of drug-likeness (QED) is 0.309. The monoisotopic (exact) mass is 511 g/mol. The number of thiophene rings is 2. The molecular formula is C22H17N5O4S3. The topological polar surface area (TPSA) is 130 Å². The van der Waals surface area contributed by atoms with Gasteiger partial charge in [0, 0.05) is 23.0 Å². The van der Waals surface area contributed by atoms with Crippen LogP contribution in [0.15, 0.2) is 88.3 Å². The summed E-state index contributed by atoms with van der Waals surface area (Å²) in [5.41, 5.74) is 0.405. The molecule has 0 saturated heterocycles. The highest BCUT2D eigenvalue weighted by Crippen LogP contribution is 2.18. The third-order valence-corrected chi connectivity index (χ3v) is 7.31. The lowest BCUT2D eigenvalue weighted by Gasteiger charge is -2.11. The van der Waals surface area contributed by atoms with Crippen molar-refractivity contribution >= 4 is 62.2 Å². The van der Waals surface area contributed by atoms with Crippen molar-refractivity contribution in [2.45, 2.75) is 4.90 Å². The SMILES string of the molecule is O=C(Nc1ccc(S(=O)(=O)Nc2ncccn2)cc1)/C(=C/c1cccs1)NC(=O)c1cccs1. The van der Waals surface area contributed by atoms with Gasteiger partial charge in [0.1, 0.15) is 5.70 Å². The number of aromatic nitrogens is 2. The van der Waals surface area contributed by atoms with Crippen molar-refractivity contribution < 1.29 is 18.0 Å². The number of nitrogens with zero attached hydrogens (tertiary/aromatic N) is 2. The number of rotatable bonds is 8. The van der Waals surface area contributed by atoms with Crippen LogP contribution in [0.1, 0.15) is 14.5 Å². The summed E-state index contributed by atoms with van der Waals surface area (Å²) in [7, 11) is -3.90. The van der Waals surface area contributed by atoms with Gasteiger partial charge >= 0.3 is 0 Å². The molecule has 12 heteroatoms. The zero-order chi connectivity index (χ0) is 24.0. The van der Waals surface area contributed by atoms with Crippen LogP contribution < -0.4 is 15.4 Å².